The maximum Gasteiger partial charge on any atom is 0.175 e. The lowest BCUT2D eigenvalue weighted by molar-refractivity contribution is 0.604. The van der Waals surface area contributed by atoms with Crippen molar-refractivity contribution in [3.8, 4) is 0 Å². The molecule has 0 fully saturated rings. The van der Waals surface area contributed by atoms with Crippen LogP contribution in [0.5, 0.6) is 0 Å². The van der Waals surface area contributed by atoms with Gasteiger partial charge < -0.3 is 5.73 Å². The van der Waals surface area contributed by atoms with Crippen LogP contribution < -0.4 is 5.73 Å². The number of nitrogen functional groups attached to an aromatic ring is 1. The summed E-state index contributed by atoms with van der Waals surface area (Å²) in [5.41, 5.74) is 7.75. The Bertz CT molecular complexity index is 676. The van der Waals surface area contributed by atoms with Gasteiger partial charge in [0.15, 0.2) is 9.84 Å². The summed E-state index contributed by atoms with van der Waals surface area (Å²) in [6.07, 6.45) is 1.60. The van der Waals surface area contributed by atoms with Gasteiger partial charge in [-0.05, 0) is 29.3 Å². The van der Waals surface area contributed by atoms with Crippen LogP contribution in [-0.2, 0) is 15.6 Å². The number of nitrogens with two attached hydrogens (primary N) is 1. The Hall–Kier alpha value is -2.07. The number of sulfone groups is 1. The van der Waals surface area contributed by atoms with Crippen molar-refractivity contribution >= 4 is 21.6 Å². The molecule has 0 radical (unpaired) electrons. The van der Waals surface area contributed by atoms with E-state index >= 15 is 0 Å². The van der Waals surface area contributed by atoms with E-state index in [0.29, 0.717) is 11.3 Å². The van der Waals surface area contributed by atoms with E-state index < -0.39 is 9.84 Å². The van der Waals surface area contributed by atoms with Gasteiger partial charge in [0.05, 0.1) is 5.75 Å². The van der Waals surface area contributed by atoms with Crippen molar-refractivity contribution in [2.24, 2.45) is 0 Å². The van der Waals surface area contributed by atoms with Crippen molar-refractivity contribution in [3.05, 3.63) is 71.1 Å². The van der Waals surface area contributed by atoms with Crippen LogP contribution in [-0.4, -0.2) is 8.42 Å². The van der Waals surface area contributed by atoms with Crippen LogP contribution in [0.4, 0.5) is 5.69 Å². The zero-order valence-corrected chi connectivity index (χ0v) is 11.2. The summed E-state index contributed by atoms with van der Waals surface area (Å²) in [7, 11) is -3.29. The minimum absolute atomic E-state index is 0.0403. The van der Waals surface area contributed by atoms with E-state index in [1.165, 1.54) is 5.41 Å². The van der Waals surface area contributed by atoms with Crippen LogP contribution >= 0.6 is 0 Å². The highest BCUT2D eigenvalue weighted by atomic mass is 32.2. The summed E-state index contributed by atoms with van der Waals surface area (Å²) in [6.45, 7) is 0. The van der Waals surface area contributed by atoms with Gasteiger partial charge in [-0.25, -0.2) is 8.42 Å². The molecule has 3 nitrogen and oxygen atoms in total. The SMILES string of the molecule is Nc1cccc(CS(=O)(=O)/C=C/c2ccccc2)c1. The molecule has 0 spiro atoms. The third-order valence-corrected chi connectivity index (χ3v) is 3.87. The highest BCUT2D eigenvalue weighted by Crippen LogP contribution is 2.12. The Morgan fingerprint density at radius 1 is 1.00 bits per heavy atom. The van der Waals surface area contributed by atoms with Crippen molar-refractivity contribution in [3.63, 3.8) is 0 Å². The number of hydrogen-bond acceptors (Lipinski definition) is 3. The molecule has 0 saturated heterocycles. The van der Waals surface area contributed by atoms with Gasteiger partial charge in [-0.3, -0.25) is 0 Å². The second-order valence-corrected chi connectivity index (χ2v) is 6.15. The van der Waals surface area contributed by atoms with E-state index in [1.807, 2.05) is 30.3 Å². The van der Waals surface area contributed by atoms with Gasteiger partial charge in [0.25, 0.3) is 0 Å². The molecule has 0 aromatic heterocycles. The third kappa shape index (κ3) is 4.26. The van der Waals surface area contributed by atoms with E-state index in [1.54, 1.807) is 30.3 Å². The highest BCUT2D eigenvalue weighted by Gasteiger charge is 2.07. The molecular weight excluding hydrogens is 258 g/mol. The molecule has 0 aliphatic heterocycles. The highest BCUT2D eigenvalue weighted by molar-refractivity contribution is 7.93. The molecule has 0 amide bonds. The second-order valence-electron chi connectivity index (χ2n) is 4.27. The average Bonchev–Trinajstić information content (AvgIpc) is 2.37. The summed E-state index contributed by atoms with van der Waals surface area (Å²) in [6, 6.07) is 16.2. The molecule has 0 aliphatic rings. The van der Waals surface area contributed by atoms with E-state index in [-0.39, 0.29) is 5.75 Å². The zero-order chi connectivity index (χ0) is 13.7. The van der Waals surface area contributed by atoms with E-state index in [9.17, 15) is 8.42 Å². The lowest BCUT2D eigenvalue weighted by Gasteiger charge is -2.01. The first-order valence-corrected chi connectivity index (χ1v) is 7.57. The molecule has 0 atom stereocenters. The molecule has 0 unspecified atom stereocenters. The van der Waals surface area contributed by atoms with Gasteiger partial charge in [-0.1, -0.05) is 42.5 Å². The van der Waals surface area contributed by atoms with E-state index in [2.05, 4.69) is 0 Å². The molecule has 2 N–H and O–H groups in total. The van der Waals surface area contributed by atoms with Crippen LogP contribution in [0.2, 0.25) is 0 Å². The zero-order valence-electron chi connectivity index (χ0n) is 10.4. The molecular formula is C15H15NO2S. The molecule has 2 rings (SSSR count). The molecule has 19 heavy (non-hydrogen) atoms. The fourth-order valence-corrected chi connectivity index (χ4v) is 2.81. The minimum atomic E-state index is -3.29. The van der Waals surface area contributed by atoms with Crippen molar-refractivity contribution in [2.75, 3.05) is 5.73 Å². The van der Waals surface area contributed by atoms with Crippen LogP contribution in [0.25, 0.3) is 6.08 Å². The fourth-order valence-electron chi connectivity index (χ4n) is 1.71. The smallest absolute Gasteiger partial charge is 0.175 e. The van der Waals surface area contributed by atoms with E-state index in [0.717, 1.165) is 5.56 Å². The Labute approximate surface area is 113 Å². The number of anilines is 1. The monoisotopic (exact) mass is 273 g/mol. The molecule has 2 aromatic carbocycles. The first-order valence-electron chi connectivity index (χ1n) is 5.85. The van der Waals surface area contributed by atoms with Gasteiger partial charge in [0.1, 0.15) is 0 Å². The van der Waals surface area contributed by atoms with Gasteiger partial charge >= 0.3 is 0 Å². The van der Waals surface area contributed by atoms with Gasteiger partial charge in [0.2, 0.25) is 0 Å². The predicted octanol–water partition coefficient (Wildman–Crippen LogP) is 2.85. The summed E-state index contributed by atoms with van der Waals surface area (Å²) in [5.74, 6) is -0.0403. The summed E-state index contributed by atoms with van der Waals surface area (Å²) in [5, 5.41) is 1.24. The average molecular weight is 273 g/mol. The third-order valence-electron chi connectivity index (χ3n) is 2.59. The second kappa shape index (κ2) is 5.71. The largest absolute Gasteiger partial charge is 0.399 e. The number of benzene rings is 2. The lowest BCUT2D eigenvalue weighted by Crippen LogP contribution is -2.00. The maximum atomic E-state index is 12.0. The van der Waals surface area contributed by atoms with Gasteiger partial charge in [-0.15, -0.1) is 0 Å². The predicted molar refractivity (Wildman–Crippen MR) is 79.0 cm³/mol. The first kappa shape index (κ1) is 13.4. The van der Waals surface area contributed by atoms with Gasteiger partial charge in [0, 0.05) is 11.1 Å². The normalized spacial score (nSPS) is 11.8. The molecule has 0 saturated carbocycles. The Morgan fingerprint density at radius 2 is 1.74 bits per heavy atom. The minimum Gasteiger partial charge on any atom is -0.399 e. The number of hydrogen-bond donors (Lipinski definition) is 1. The van der Waals surface area contributed by atoms with Crippen LogP contribution in [0, 0.1) is 0 Å². The summed E-state index contributed by atoms with van der Waals surface area (Å²) in [4.78, 5) is 0. The Morgan fingerprint density at radius 3 is 2.42 bits per heavy atom. The quantitative estimate of drug-likeness (QED) is 0.871. The molecule has 0 heterocycles. The molecule has 98 valence electrons. The molecule has 0 aliphatic carbocycles. The van der Waals surface area contributed by atoms with Crippen molar-refractivity contribution in [2.45, 2.75) is 5.75 Å². The molecule has 2 aromatic rings. The topological polar surface area (TPSA) is 60.2 Å². The van der Waals surface area contributed by atoms with Crippen LogP contribution in [0.3, 0.4) is 0 Å². The lowest BCUT2D eigenvalue weighted by atomic mass is 10.2. The van der Waals surface area contributed by atoms with Crippen molar-refractivity contribution in [1.82, 2.24) is 0 Å². The fraction of sp³-hybridized carbons (Fsp3) is 0.0667. The molecule has 0 bridgehead atoms. The van der Waals surface area contributed by atoms with Crippen LogP contribution in [0.1, 0.15) is 11.1 Å². The van der Waals surface area contributed by atoms with Crippen molar-refractivity contribution in [1.29, 1.82) is 0 Å². The standard InChI is InChI=1S/C15H15NO2S/c16-15-8-4-7-14(11-15)12-19(17,18)10-9-13-5-2-1-3-6-13/h1-11H,12,16H2/b10-9+. The van der Waals surface area contributed by atoms with Crippen molar-refractivity contribution < 1.29 is 8.42 Å². The van der Waals surface area contributed by atoms with E-state index in [4.69, 9.17) is 5.73 Å². The first-order chi connectivity index (χ1) is 9.05. The van der Waals surface area contributed by atoms with Gasteiger partial charge in [-0.2, -0.15) is 0 Å². The Balaban J connectivity index is 2.13. The number of rotatable bonds is 4. The van der Waals surface area contributed by atoms with Crippen LogP contribution in [0.15, 0.2) is 60.0 Å². The summed E-state index contributed by atoms with van der Waals surface area (Å²) < 4.78 is 23.9. The molecule has 4 heteroatoms. The maximum absolute atomic E-state index is 12.0. The Kier molecular flexibility index (Phi) is 4.02. The summed E-state index contributed by atoms with van der Waals surface area (Å²) >= 11 is 0.